The van der Waals surface area contributed by atoms with E-state index in [0.717, 1.165) is 31.4 Å². The average molecular weight is 468 g/mol. The summed E-state index contributed by atoms with van der Waals surface area (Å²) in [5, 5.41) is 5.57. The van der Waals surface area contributed by atoms with Gasteiger partial charge in [-0.2, -0.15) is 4.31 Å². The highest BCUT2D eigenvalue weighted by Crippen LogP contribution is 2.24. The normalized spacial score (nSPS) is 16.5. The van der Waals surface area contributed by atoms with Gasteiger partial charge in [0.25, 0.3) is 0 Å². The second-order valence-electron chi connectivity index (χ2n) is 8.33. The van der Waals surface area contributed by atoms with E-state index in [-0.39, 0.29) is 35.7 Å². The molecular weight excluding hydrogens is 430 g/mol. The van der Waals surface area contributed by atoms with Crippen molar-refractivity contribution in [3.05, 3.63) is 29.8 Å². The lowest BCUT2D eigenvalue weighted by Crippen LogP contribution is -2.49. The quantitative estimate of drug-likeness (QED) is 0.459. The van der Waals surface area contributed by atoms with E-state index in [1.807, 2.05) is 6.92 Å². The van der Waals surface area contributed by atoms with Crippen LogP contribution in [0.15, 0.2) is 29.2 Å². The number of unbranched alkanes of at least 4 members (excludes halogenated alkanes) is 1. The molecule has 0 saturated carbocycles. The molecule has 180 valence electrons. The first-order chi connectivity index (χ1) is 15.3. The molecule has 0 bridgehead atoms. The number of ether oxygens (including phenoxy) is 1. The first-order valence-electron chi connectivity index (χ1n) is 11.5. The zero-order valence-corrected chi connectivity index (χ0v) is 20.2. The largest absolute Gasteiger partial charge is 0.381 e. The molecule has 9 heteroatoms. The first-order valence-corrected chi connectivity index (χ1v) is 12.9. The predicted octanol–water partition coefficient (Wildman–Crippen LogP) is 2.22. The van der Waals surface area contributed by atoms with Crippen LogP contribution in [0.5, 0.6) is 0 Å². The number of aryl methyl sites for hydroxylation is 1. The fourth-order valence-corrected chi connectivity index (χ4v) is 4.97. The molecule has 0 aliphatic carbocycles. The zero-order valence-electron chi connectivity index (χ0n) is 19.4. The molecule has 1 aliphatic heterocycles. The summed E-state index contributed by atoms with van der Waals surface area (Å²) in [6.45, 7) is 8.08. The third-order valence-electron chi connectivity index (χ3n) is 5.64. The molecule has 1 saturated heterocycles. The third kappa shape index (κ3) is 7.86. The Labute approximate surface area is 192 Å². The highest BCUT2D eigenvalue weighted by Gasteiger charge is 2.32. The van der Waals surface area contributed by atoms with Crippen LogP contribution >= 0.6 is 0 Å². The van der Waals surface area contributed by atoms with E-state index < -0.39 is 16.1 Å². The Morgan fingerprint density at radius 3 is 2.38 bits per heavy atom. The number of benzene rings is 1. The minimum Gasteiger partial charge on any atom is -0.381 e. The maximum atomic E-state index is 12.8. The van der Waals surface area contributed by atoms with Gasteiger partial charge in [-0.3, -0.25) is 9.59 Å². The van der Waals surface area contributed by atoms with Crippen molar-refractivity contribution in [3.63, 3.8) is 0 Å². The number of hydrogen-bond acceptors (Lipinski definition) is 5. The van der Waals surface area contributed by atoms with E-state index >= 15 is 0 Å². The van der Waals surface area contributed by atoms with E-state index in [9.17, 15) is 18.0 Å². The van der Waals surface area contributed by atoms with Gasteiger partial charge in [0, 0.05) is 38.8 Å². The van der Waals surface area contributed by atoms with Gasteiger partial charge >= 0.3 is 0 Å². The predicted molar refractivity (Wildman–Crippen MR) is 124 cm³/mol. The summed E-state index contributed by atoms with van der Waals surface area (Å²) in [6, 6.07) is 6.14. The Bertz CT molecular complexity index is 834. The number of nitrogens with one attached hydrogen (secondary N) is 2. The van der Waals surface area contributed by atoms with Crippen molar-refractivity contribution in [3.8, 4) is 0 Å². The number of piperidine rings is 1. The number of carbonyl (C=O) groups excluding carboxylic acids is 2. The maximum absolute atomic E-state index is 12.8. The van der Waals surface area contributed by atoms with Gasteiger partial charge in [-0.1, -0.05) is 31.0 Å². The molecule has 32 heavy (non-hydrogen) atoms. The number of carbonyl (C=O) groups is 2. The van der Waals surface area contributed by atoms with Crippen LogP contribution in [0.2, 0.25) is 0 Å². The van der Waals surface area contributed by atoms with Crippen molar-refractivity contribution < 1.29 is 22.7 Å². The van der Waals surface area contributed by atoms with Gasteiger partial charge in [0.15, 0.2) is 0 Å². The third-order valence-corrected chi connectivity index (χ3v) is 7.56. The molecule has 0 unspecified atom stereocenters. The monoisotopic (exact) mass is 467 g/mol. The van der Waals surface area contributed by atoms with Crippen molar-refractivity contribution in [1.29, 1.82) is 0 Å². The smallest absolute Gasteiger partial charge is 0.243 e. The standard InChI is InChI=1S/C23H37N3O5S/c1-4-5-16-31-17-6-13-24-22(27)19(3)25-23(28)20-11-14-26(15-12-20)32(29,30)21-9-7-18(2)8-10-21/h7-10,19-20H,4-6,11-17H2,1-3H3,(H,24,27)(H,25,28)/t19-/m1/s1. The molecule has 1 heterocycles. The van der Waals surface area contributed by atoms with Crippen LogP contribution in [0.25, 0.3) is 0 Å². The van der Waals surface area contributed by atoms with Gasteiger partial charge in [0.1, 0.15) is 6.04 Å². The molecule has 1 atom stereocenters. The Hall–Kier alpha value is -1.97. The number of nitrogens with zero attached hydrogens (tertiary/aromatic N) is 1. The first kappa shape index (κ1) is 26.3. The summed E-state index contributed by atoms with van der Waals surface area (Å²) in [6.07, 6.45) is 3.71. The van der Waals surface area contributed by atoms with Crippen LogP contribution < -0.4 is 10.6 Å². The van der Waals surface area contributed by atoms with Gasteiger partial charge in [0.2, 0.25) is 21.8 Å². The van der Waals surface area contributed by atoms with Gasteiger partial charge in [0.05, 0.1) is 4.90 Å². The van der Waals surface area contributed by atoms with E-state index in [1.165, 1.54) is 4.31 Å². The van der Waals surface area contributed by atoms with Crippen molar-refractivity contribution in [2.45, 2.75) is 63.8 Å². The molecule has 8 nitrogen and oxygen atoms in total. The lowest BCUT2D eigenvalue weighted by atomic mass is 9.97. The molecule has 0 spiro atoms. The lowest BCUT2D eigenvalue weighted by molar-refractivity contribution is -0.131. The Morgan fingerprint density at radius 1 is 1.12 bits per heavy atom. The highest BCUT2D eigenvalue weighted by molar-refractivity contribution is 7.89. The van der Waals surface area contributed by atoms with Crippen molar-refractivity contribution in [2.75, 3.05) is 32.8 Å². The van der Waals surface area contributed by atoms with E-state index in [0.29, 0.717) is 26.0 Å². The minimum atomic E-state index is -3.56. The van der Waals surface area contributed by atoms with Crippen LogP contribution in [-0.2, 0) is 24.3 Å². The van der Waals surface area contributed by atoms with E-state index in [4.69, 9.17) is 4.74 Å². The van der Waals surface area contributed by atoms with Crippen LogP contribution in [0.3, 0.4) is 0 Å². The second-order valence-corrected chi connectivity index (χ2v) is 10.3. The van der Waals surface area contributed by atoms with Gasteiger partial charge in [-0.15, -0.1) is 0 Å². The maximum Gasteiger partial charge on any atom is 0.243 e. The molecule has 0 radical (unpaired) electrons. The summed E-state index contributed by atoms with van der Waals surface area (Å²) < 4.78 is 32.5. The summed E-state index contributed by atoms with van der Waals surface area (Å²) in [4.78, 5) is 25.1. The molecule has 1 aliphatic rings. The number of hydrogen-bond donors (Lipinski definition) is 2. The molecule has 2 rings (SSSR count). The summed E-state index contributed by atoms with van der Waals surface area (Å²) >= 11 is 0. The summed E-state index contributed by atoms with van der Waals surface area (Å²) in [5.74, 6) is -0.740. The SMILES string of the molecule is CCCCOCCCNC(=O)[C@@H](C)NC(=O)C1CCN(S(=O)(=O)c2ccc(C)cc2)CC1. The second kappa shape index (κ2) is 12.9. The van der Waals surface area contributed by atoms with Gasteiger partial charge < -0.3 is 15.4 Å². The molecule has 0 aromatic heterocycles. The molecule has 1 aromatic rings. The number of rotatable bonds is 12. The zero-order chi connectivity index (χ0) is 23.6. The molecule has 2 N–H and O–H groups in total. The van der Waals surface area contributed by atoms with Crippen LogP contribution in [0.4, 0.5) is 0 Å². The Morgan fingerprint density at radius 2 is 1.75 bits per heavy atom. The lowest BCUT2D eigenvalue weighted by Gasteiger charge is -2.31. The molecular formula is C23H37N3O5S. The average Bonchev–Trinajstić information content (AvgIpc) is 2.78. The molecule has 2 amide bonds. The van der Waals surface area contributed by atoms with Crippen LogP contribution in [0, 0.1) is 12.8 Å². The van der Waals surface area contributed by atoms with Crippen LogP contribution in [0.1, 0.15) is 51.5 Å². The van der Waals surface area contributed by atoms with E-state index in [2.05, 4.69) is 17.6 Å². The van der Waals surface area contributed by atoms with E-state index in [1.54, 1.807) is 31.2 Å². The Kier molecular flexibility index (Phi) is 10.6. The van der Waals surface area contributed by atoms with Crippen molar-refractivity contribution in [2.24, 2.45) is 5.92 Å². The summed E-state index contributed by atoms with van der Waals surface area (Å²) in [5.41, 5.74) is 0.998. The van der Waals surface area contributed by atoms with Crippen molar-refractivity contribution >= 4 is 21.8 Å². The Balaban J connectivity index is 1.72. The fourth-order valence-electron chi connectivity index (χ4n) is 3.50. The minimum absolute atomic E-state index is 0.206. The fraction of sp³-hybridized carbons (Fsp3) is 0.652. The highest BCUT2D eigenvalue weighted by atomic mass is 32.2. The number of amides is 2. The summed E-state index contributed by atoms with van der Waals surface area (Å²) in [7, 11) is -3.56. The van der Waals surface area contributed by atoms with Gasteiger partial charge in [-0.05, 0) is 51.7 Å². The molecule has 1 fully saturated rings. The molecule has 1 aromatic carbocycles. The van der Waals surface area contributed by atoms with Gasteiger partial charge in [-0.25, -0.2) is 8.42 Å². The van der Waals surface area contributed by atoms with Crippen molar-refractivity contribution in [1.82, 2.24) is 14.9 Å². The number of sulfonamides is 1. The van der Waals surface area contributed by atoms with Crippen LogP contribution in [-0.4, -0.2) is 63.4 Å². The topological polar surface area (TPSA) is 105 Å².